The molecule has 0 unspecified atom stereocenters. The van der Waals surface area contributed by atoms with Crippen LogP contribution in [0.15, 0.2) is 127 Å². The van der Waals surface area contributed by atoms with Crippen molar-refractivity contribution in [2.45, 2.75) is 45.2 Å². The van der Waals surface area contributed by atoms with Gasteiger partial charge in [0.1, 0.15) is 5.54 Å². The van der Waals surface area contributed by atoms with Gasteiger partial charge in [0, 0.05) is 28.8 Å². The van der Waals surface area contributed by atoms with Gasteiger partial charge < -0.3 is 9.13 Å². The second kappa shape index (κ2) is 10.4. The van der Waals surface area contributed by atoms with E-state index >= 15 is 0 Å². The van der Waals surface area contributed by atoms with Gasteiger partial charge in [-0.1, -0.05) is 116 Å². The van der Waals surface area contributed by atoms with Crippen LogP contribution < -0.4 is 0 Å². The summed E-state index contributed by atoms with van der Waals surface area (Å²) >= 11 is 0. The summed E-state index contributed by atoms with van der Waals surface area (Å²) in [5.41, 5.74) is 11.1. The van der Waals surface area contributed by atoms with Crippen molar-refractivity contribution in [1.29, 1.82) is 0 Å². The van der Waals surface area contributed by atoms with Crippen LogP contribution in [0.1, 0.15) is 52.7 Å². The highest BCUT2D eigenvalue weighted by Gasteiger charge is 2.39. The molecule has 0 N–H and O–H groups in total. The van der Waals surface area contributed by atoms with Crippen LogP contribution in [0.25, 0.3) is 17.0 Å². The highest BCUT2D eigenvalue weighted by atomic mass is 15.1. The van der Waals surface area contributed by atoms with Crippen LogP contribution in [0.2, 0.25) is 0 Å². The standard InChI is InChI=1S/C38H35N3/c1-3-33-34-21-13-14-22-36(34)40-26-29(23-24-37(33)40)25-35-28(2)41(27-39-35)38(30-15-7-4-8-16-30,31-17-9-5-10-18-31)32-19-11-6-12-20-32/h4-22,25,27H,3,23-24,26H2,1-2H3. The highest BCUT2D eigenvalue weighted by Crippen LogP contribution is 2.42. The van der Waals surface area contributed by atoms with Crippen molar-refractivity contribution in [3.63, 3.8) is 0 Å². The quantitative estimate of drug-likeness (QED) is 0.197. The number of fused-ring (bicyclic) bond motifs is 3. The van der Waals surface area contributed by atoms with Crippen LogP contribution in [-0.4, -0.2) is 14.1 Å². The van der Waals surface area contributed by atoms with E-state index in [9.17, 15) is 0 Å². The lowest BCUT2D eigenvalue weighted by atomic mass is 9.76. The van der Waals surface area contributed by atoms with Gasteiger partial charge >= 0.3 is 0 Å². The zero-order chi connectivity index (χ0) is 27.8. The fraction of sp³-hybridized carbons (Fsp3) is 0.184. The molecule has 3 nitrogen and oxygen atoms in total. The molecule has 1 aliphatic rings. The first kappa shape index (κ1) is 25.3. The van der Waals surface area contributed by atoms with Gasteiger partial charge in [-0.05, 0) is 66.2 Å². The van der Waals surface area contributed by atoms with Crippen molar-refractivity contribution in [3.8, 4) is 0 Å². The zero-order valence-corrected chi connectivity index (χ0v) is 23.8. The monoisotopic (exact) mass is 533 g/mol. The average Bonchev–Trinajstić information content (AvgIpc) is 3.56. The number of imidazole rings is 1. The van der Waals surface area contributed by atoms with Crippen molar-refractivity contribution in [3.05, 3.63) is 166 Å². The Bertz CT molecular complexity index is 1740. The van der Waals surface area contributed by atoms with Crippen LogP contribution in [0.3, 0.4) is 0 Å². The summed E-state index contributed by atoms with van der Waals surface area (Å²) in [6, 6.07) is 41.4. The maximum atomic E-state index is 5.07. The maximum Gasteiger partial charge on any atom is 0.121 e. The highest BCUT2D eigenvalue weighted by molar-refractivity contribution is 5.86. The van der Waals surface area contributed by atoms with Crippen molar-refractivity contribution in [1.82, 2.24) is 14.1 Å². The second-order valence-corrected chi connectivity index (χ2v) is 11.1. The minimum absolute atomic E-state index is 0.552. The Kier molecular flexibility index (Phi) is 6.43. The fourth-order valence-corrected chi connectivity index (χ4v) is 7.02. The number of para-hydroxylation sites is 1. The molecule has 0 bridgehead atoms. The first-order chi connectivity index (χ1) is 20.2. The number of benzene rings is 4. The van der Waals surface area contributed by atoms with Crippen LogP contribution in [0, 0.1) is 6.92 Å². The molecule has 0 saturated carbocycles. The molecule has 1 aliphatic heterocycles. The molecule has 0 saturated heterocycles. The van der Waals surface area contributed by atoms with Crippen LogP contribution in [0.4, 0.5) is 0 Å². The molecule has 2 aromatic heterocycles. The van der Waals surface area contributed by atoms with Gasteiger partial charge in [-0.3, -0.25) is 0 Å². The van der Waals surface area contributed by atoms with Crippen molar-refractivity contribution < 1.29 is 0 Å². The summed E-state index contributed by atoms with van der Waals surface area (Å²) in [5, 5.41) is 1.41. The molecule has 41 heavy (non-hydrogen) atoms. The number of nitrogens with zero attached hydrogens (tertiary/aromatic N) is 3. The molecule has 0 fully saturated rings. The largest absolute Gasteiger partial charge is 0.340 e. The van der Waals surface area contributed by atoms with E-state index in [1.54, 1.807) is 0 Å². The third-order valence-corrected chi connectivity index (χ3v) is 8.91. The lowest BCUT2D eigenvalue weighted by molar-refractivity contribution is 0.503. The van der Waals surface area contributed by atoms with Gasteiger partial charge in [0.2, 0.25) is 0 Å². The topological polar surface area (TPSA) is 22.8 Å². The third kappa shape index (κ3) is 4.07. The van der Waals surface area contributed by atoms with Crippen molar-refractivity contribution in [2.75, 3.05) is 0 Å². The van der Waals surface area contributed by atoms with E-state index in [4.69, 9.17) is 4.98 Å². The summed E-state index contributed by atoms with van der Waals surface area (Å²) < 4.78 is 4.92. The molecule has 0 radical (unpaired) electrons. The Balaban J connectivity index is 1.38. The van der Waals surface area contributed by atoms with Crippen LogP contribution in [-0.2, 0) is 24.9 Å². The number of rotatable bonds is 6. The van der Waals surface area contributed by atoms with E-state index < -0.39 is 5.54 Å². The Morgan fingerprint density at radius 2 is 1.29 bits per heavy atom. The molecular weight excluding hydrogens is 498 g/mol. The minimum atomic E-state index is -0.552. The molecule has 6 aromatic rings. The number of hydrogen-bond acceptors (Lipinski definition) is 1. The first-order valence-electron chi connectivity index (χ1n) is 14.7. The number of aromatic nitrogens is 3. The van der Waals surface area contributed by atoms with E-state index in [1.165, 1.54) is 44.4 Å². The molecule has 3 heterocycles. The second-order valence-electron chi connectivity index (χ2n) is 11.1. The Hall–Kier alpha value is -4.63. The Morgan fingerprint density at radius 3 is 1.88 bits per heavy atom. The smallest absolute Gasteiger partial charge is 0.121 e. The zero-order valence-electron chi connectivity index (χ0n) is 23.8. The summed E-state index contributed by atoms with van der Waals surface area (Å²) in [6.07, 6.45) is 7.61. The maximum absolute atomic E-state index is 5.07. The van der Waals surface area contributed by atoms with E-state index in [0.717, 1.165) is 37.2 Å². The molecule has 0 spiro atoms. The molecule has 0 amide bonds. The van der Waals surface area contributed by atoms with Crippen LogP contribution >= 0.6 is 0 Å². The van der Waals surface area contributed by atoms with E-state index in [1.807, 2.05) is 6.33 Å². The third-order valence-electron chi connectivity index (χ3n) is 8.91. The van der Waals surface area contributed by atoms with Gasteiger partial charge in [-0.2, -0.15) is 0 Å². The number of aryl methyl sites for hydroxylation is 1. The number of hydrogen-bond donors (Lipinski definition) is 0. The lowest BCUT2D eigenvalue weighted by Gasteiger charge is -2.38. The van der Waals surface area contributed by atoms with Gasteiger partial charge in [0.15, 0.2) is 0 Å². The summed E-state index contributed by atoms with van der Waals surface area (Å²) in [6.45, 7) is 5.42. The van der Waals surface area contributed by atoms with E-state index in [0.29, 0.717) is 0 Å². The Labute approximate surface area is 242 Å². The molecule has 3 heteroatoms. The summed E-state index contributed by atoms with van der Waals surface area (Å²) in [7, 11) is 0. The molecule has 7 rings (SSSR count). The SMILES string of the molecule is CCc1c2n(c3ccccc13)CC(=Cc1ncn(C(c3ccccc3)(c3ccccc3)c3ccccc3)c1C)CC2. The molecule has 0 aliphatic carbocycles. The van der Waals surface area contributed by atoms with Gasteiger partial charge in [0.25, 0.3) is 0 Å². The fourth-order valence-electron chi connectivity index (χ4n) is 7.02. The van der Waals surface area contributed by atoms with Gasteiger partial charge in [0.05, 0.1) is 12.0 Å². The summed E-state index contributed by atoms with van der Waals surface area (Å²) in [4.78, 5) is 5.07. The molecule has 202 valence electrons. The molecular formula is C38H35N3. The predicted molar refractivity (Wildman–Crippen MR) is 169 cm³/mol. The molecule has 4 aromatic carbocycles. The van der Waals surface area contributed by atoms with Crippen molar-refractivity contribution in [2.24, 2.45) is 0 Å². The Morgan fingerprint density at radius 1 is 0.732 bits per heavy atom. The first-order valence-corrected chi connectivity index (χ1v) is 14.7. The summed E-state index contributed by atoms with van der Waals surface area (Å²) in [5.74, 6) is 0. The average molecular weight is 534 g/mol. The normalized spacial score (nSPS) is 14.4. The predicted octanol–water partition coefficient (Wildman–Crippen LogP) is 8.58. The number of allylic oxidation sites excluding steroid dienone is 1. The lowest BCUT2D eigenvalue weighted by Crippen LogP contribution is -2.38. The van der Waals surface area contributed by atoms with E-state index in [2.05, 4.69) is 144 Å². The van der Waals surface area contributed by atoms with Crippen LogP contribution in [0.5, 0.6) is 0 Å². The minimum Gasteiger partial charge on any atom is -0.340 e. The van der Waals surface area contributed by atoms with E-state index in [-0.39, 0.29) is 0 Å². The van der Waals surface area contributed by atoms with Gasteiger partial charge in [-0.15, -0.1) is 0 Å². The molecule has 0 atom stereocenters. The van der Waals surface area contributed by atoms with Gasteiger partial charge in [-0.25, -0.2) is 4.98 Å². The van der Waals surface area contributed by atoms with Crippen molar-refractivity contribution >= 4 is 17.0 Å².